The second-order valence-electron chi connectivity index (χ2n) is 8.40. The Labute approximate surface area is 184 Å². The average Bonchev–Trinajstić information content (AvgIpc) is 2.72. The Morgan fingerprint density at radius 3 is 2.48 bits per heavy atom. The van der Waals surface area contributed by atoms with Gasteiger partial charge in [-0.05, 0) is 45.6 Å². The molecule has 11 heteroatoms. The third kappa shape index (κ3) is 7.01. The molecular formula is C20H33N5O5S. The lowest BCUT2D eigenvalue weighted by molar-refractivity contribution is -0.0240. The highest BCUT2D eigenvalue weighted by Gasteiger charge is 2.37. The molecule has 3 rings (SSSR count). The van der Waals surface area contributed by atoms with Crippen LogP contribution in [0.4, 0.5) is 10.7 Å². The van der Waals surface area contributed by atoms with Crippen molar-refractivity contribution in [2.24, 2.45) is 0 Å². The van der Waals surface area contributed by atoms with Crippen LogP contribution in [0.5, 0.6) is 0 Å². The van der Waals surface area contributed by atoms with E-state index in [1.807, 2.05) is 0 Å². The van der Waals surface area contributed by atoms with Gasteiger partial charge >= 0.3 is 6.09 Å². The van der Waals surface area contributed by atoms with Gasteiger partial charge < -0.3 is 19.3 Å². The predicted octanol–water partition coefficient (Wildman–Crippen LogP) is 1.39. The van der Waals surface area contributed by atoms with E-state index in [2.05, 4.69) is 19.6 Å². The number of nitrogens with zero attached hydrogens (tertiary/aromatic N) is 4. The molecule has 1 aromatic heterocycles. The molecule has 174 valence electrons. The number of ether oxygens (including phenoxy) is 2. The maximum absolute atomic E-state index is 12.6. The minimum absolute atomic E-state index is 0.0312. The van der Waals surface area contributed by atoms with Crippen LogP contribution >= 0.6 is 0 Å². The fourth-order valence-corrected chi connectivity index (χ4v) is 4.91. The van der Waals surface area contributed by atoms with E-state index in [1.165, 1.54) is 0 Å². The van der Waals surface area contributed by atoms with Crippen molar-refractivity contribution in [1.82, 2.24) is 19.6 Å². The monoisotopic (exact) mass is 455 g/mol. The smallest absolute Gasteiger partial charge is 0.410 e. The molecule has 0 unspecified atom stereocenters. The topological polar surface area (TPSA) is 114 Å². The summed E-state index contributed by atoms with van der Waals surface area (Å²) in [5.74, 6) is 0.716. The minimum atomic E-state index is -3.41. The zero-order valence-electron chi connectivity index (χ0n) is 18.4. The Hall–Kier alpha value is -1.98. The summed E-state index contributed by atoms with van der Waals surface area (Å²) in [7, 11) is -3.41. The second kappa shape index (κ2) is 10.6. The SMILES string of the molecule is CC(C)OC(=O)N1CCC[C@H](NS(C)(=O)=O)[C@@H]1COC1CCN(c2ncccn2)CC1. The quantitative estimate of drug-likeness (QED) is 0.656. The summed E-state index contributed by atoms with van der Waals surface area (Å²) in [6.07, 6.45) is 6.92. The van der Waals surface area contributed by atoms with Crippen molar-refractivity contribution >= 4 is 22.1 Å². The van der Waals surface area contributed by atoms with Gasteiger partial charge in [-0.2, -0.15) is 0 Å². The number of carbonyl (C=O) groups excluding carboxylic acids is 1. The molecule has 31 heavy (non-hydrogen) atoms. The number of sulfonamides is 1. The second-order valence-corrected chi connectivity index (χ2v) is 10.2. The summed E-state index contributed by atoms with van der Waals surface area (Å²) < 4.78 is 38.0. The Balaban J connectivity index is 1.61. The van der Waals surface area contributed by atoms with Crippen LogP contribution in [-0.4, -0.2) is 86.2 Å². The molecule has 1 amide bonds. The lowest BCUT2D eigenvalue weighted by Crippen LogP contribution is -2.59. The molecule has 0 saturated carbocycles. The zero-order chi connectivity index (χ0) is 22.4. The molecule has 0 radical (unpaired) electrons. The molecule has 2 atom stereocenters. The molecule has 3 heterocycles. The number of amides is 1. The van der Waals surface area contributed by atoms with Gasteiger partial charge in [-0.1, -0.05) is 0 Å². The summed E-state index contributed by atoms with van der Waals surface area (Å²) in [6, 6.07) is 0.979. The van der Waals surface area contributed by atoms with Gasteiger partial charge in [0.05, 0.1) is 31.1 Å². The highest BCUT2D eigenvalue weighted by Crippen LogP contribution is 2.23. The molecule has 0 spiro atoms. The molecule has 10 nitrogen and oxygen atoms in total. The van der Waals surface area contributed by atoms with Crippen LogP contribution in [0.25, 0.3) is 0 Å². The van der Waals surface area contributed by atoms with Gasteiger partial charge in [0.15, 0.2) is 0 Å². The first kappa shape index (κ1) is 23.7. The van der Waals surface area contributed by atoms with Crippen LogP contribution in [0.2, 0.25) is 0 Å². The van der Waals surface area contributed by atoms with E-state index in [0.29, 0.717) is 25.3 Å². The number of carbonyl (C=O) groups is 1. The highest BCUT2D eigenvalue weighted by molar-refractivity contribution is 7.88. The van der Waals surface area contributed by atoms with Crippen LogP contribution in [0.1, 0.15) is 39.5 Å². The average molecular weight is 456 g/mol. The third-order valence-electron chi connectivity index (χ3n) is 5.50. The first-order chi connectivity index (χ1) is 14.7. The van der Waals surface area contributed by atoms with Crippen molar-refractivity contribution < 1.29 is 22.7 Å². The number of rotatable bonds is 7. The van der Waals surface area contributed by atoms with Crippen LogP contribution in [0.15, 0.2) is 18.5 Å². The van der Waals surface area contributed by atoms with E-state index in [1.54, 1.807) is 37.2 Å². The Bertz CT molecular complexity index is 815. The number of hydrogen-bond acceptors (Lipinski definition) is 8. The number of anilines is 1. The molecule has 2 aliphatic rings. The van der Waals surface area contributed by atoms with Crippen molar-refractivity contribution in [3.05, 3.63) is 18.5 Å². The minimum Gasteiger partial charge on any atom is -0.447 e. The van der Waals surface area contributed by atoms with Crippen molar-refractivity contribution in [3.8, 4) is 0 Å². The number of hydrogen-bond donors (Lipinski definition) is 1. The lowest BCUT2D eigenvalue weighted by Gasteiger charge is -2.41. The van der Waals surface area contributed by atoms with Crippen molar-refractivity contribution in [3.63, 3.8) is 0 Å². The molecule has 2 aliphatic heterocycles. The summed E-state index contributed by atoms with van der Waals surface area (Å²) >= 11 is 0. The first-order valence-corrected chi connectivity index (χ1v) is 12.7. The van der Waals surface area contributed by atoms with Crippen molar-refractivity contribution in [1.29, 1.82) is 0 Å². The third-order valence-corrected chi connectivity index (χ3v) is 6.23. The molecule has 2 fully saturated rings. The molecule has 1 N–H and O–H groups in total. The van der Waals surface area contributed by atoms with Crippen molar-refractivity contribution in [2.45, 2.75) is 63.8 Å². The molecule has 0 bridgehead atoms. The van der Waals surface area contributed by atoms with Gasteiger partial charge in [0, 0.05) is 38.1 Å². The van der Waals surface area contributed by atoms with Gasteiger partial charge in [-0.3, -0.25) is 0 Å². The highest BCUT2D eigenvalue weighted by atomic mass is 32.2. The first-order valence-electron chi connectivity index (χ1n) is 10.8. The van der Waals surface area contributed by atoms with E-state index in [-0.39, 0.29) is 18.8 Å². The molecular weight excluding hydrogens is 422 g/mol. The fourth-order valence-electron chi connectivity index (χ4n) is 4.08. The summed E-state index contributed by atoms with van der Waals surface area (Å²) in [4.78, 5) is 25.0. The van der Waals surface area contributed by atoms with Crippen molar-refractivity contribution in [2.75, 3.05) is 37.4 Å². The predicted molar refractivity (Wildman–Crippen MR) is 116 cm³/mol. The Kier molecular flexibility index (Phi) is 8.06. The summed E-state index contributed by atoms with van der Waals surface area (Å²) in [5.41, 5.74) is 0. The maximum atomic E-state index is 12.6. The fraction of sp³-hybridized carbons (Fsp3) is 0.750. The summed E-state index contributed by atoms with van der Waals surface area (Å²) in [5, 5.41) is 0. The number of nitrogens with one attached hydrogen (secondary N) is 1. The number of likely N-dealkylation sites (tertiary alicyclic amines) is 1. The normalized spacial score (nSPS) is 23.2. The van der Waals surface area contributed by atoms with Gasteiger partial charge in [-0.15, -0.1) is 0 Å². The standard InChI is InChI=1S/C20H33N5O5S/c1-15(2)30-20(26)25-11-4-6-17(23-31(3,27)28)18(25)14-29-16-7-12-24(13-8-16)19-21-9-5-10-22-19/h5,9-10,15-18,23H,4,6-8,11-14H2,1-3H3/t17-,18-/m0/s1. The Morgan fingerprint density at radius 1 is 1.19 bits per heavy atom. The van der Waals surface area contributed by atoms with Gasteiger partial charge in [0.25, 0.3) is 0 Å². The van der Waals surface area contributed by atoms with Gasteiger partial charge in [-0.25, -0.2) is 27.9 Å². The largest absolute Gasteiger partial charge is 0.447 e. The van der Waals surface area contributed by atoms with Crippen LogP contribution in [-0.2, 0) is 19.5 Å². The van der Waals surface area contributed by atoms with E-state index >= 15 is 0 Å². The molecule has 1 aromatic rings. The Morgan fingerprint density at radius 2 is 1.87 bits per heavy atom. The van der Waals surface area contributed by atoms with Gasteiger partial charge in [0.2, 0.25) is 16.0 Å². The molecule has 0 aromatic carbocycles. The van der Waals surface area contributed by atoms with E-state index in [4.69, 9.17) is 9.47 Å². The maximum Gasteiger partial charge on any atom is 0.410 e. The van der Waals surface area contributed by atoms with E-state index in [0.717, 1.165) is 32.2 Å². The molecule has 0 aliphatic carbocycles. The number of piperidine rings is 2. The molecule has 2 saturated heterocycles. The zero-order valence-corrected chi connectivity index (χ0v) is 19.3. The van der Waals surface area contributed by atoms with Gasteiger partial charge in [0.1, 0.15) is 0 Å². The lowest BCUT2D eigenvalue weighted by atomic mass is 9.97. The van der Waals surface area contributed by atoms with Crippen LogP contribution in [0.3, 0.4) is 0 Å². The number of aromatic nitrogens is 2. The summed E-state index contributed by atoms with van der Waals surface area (Å²) in [6.45, 7) is 5.93. The van der Waals surface area contributed by atoms with E-state index in [9.17, 15) is 13.2 Å². The van der Waals surface area contributed by atoms with Crippen LogP contribution < -0.4 is 9.62 Å². The van der Waals surface area contributed by atoms with E-state index < -0.39 is 28.2 Å². The van der Waals surface area contributed by atoms with Crippen LogP contribution in [0, 0.1) is 0 Å².